The van der Waals surface area contributed by atoms with Gasteiger partial charge in [0, 0.05) is 6.42 Å². The Morgan fingerprint density at radius 3 is 2.00 bits per heavy atom. The number of benzene rings is 3. The zero-order chi connectivity index (χ0) is 15.9. The van der Waals surface area contributed by atoms with Crippen LogP contribution in [0.3, 0.4) is 0 Å². The standard InChI is InChI=1S/C21H20O2/c22-15-19-11-12-20(13-17-7-3-1-4-8-17)21(14-19)23-16-18-9-5-2-6-10-18/h1-12,14,22H,13,15-16H2. The van der Waals surface area contributed by atoms with Crippen LogP contribution in [-0.2, 0) is 19.6 Å². The molecule has 0 aromatic heterocycles. The molecule has 0 saturated heterocycles. The van der Waals surface area contributed by atoms with Gasteiger partial charge in [0.2, 0.25) is 0 Å². The molecular formula is C21H20O2. The molecule has 0 atom stereocenters. The van der Waals surface area contributed by atoms with Crippen molar-refractivity contribution >= 4 is 0 Å². The number of hydrogen-bond donors (Lipinski definition) is 1. The third-order valence-electron chi connectivity index (χ3n) is 3.79. The maximum Gasteiger partial charge on any atom is 0.123 e. The minimum absolute atomic E-state index is 0.0211. The summed E-state index contributed by atoms with van der Waals surface area (Å²) in [4.78, 5) is 0. The van der Waals surface area contributed by atoms with Crippen LogP contribution in [0.2, 0.25) is 0 Å². The third-order valence-corrected chi connectivity index (χ3v) is 3.79. The molecule has 3 aromatic carbocycles. The molecule has 0 radical (unpaired) electrons. The summed E-state index contributed by atoms with van der Waals surface area (Å²) >= 11 is 0. The van der Waals surface area contributed by atoms with Gasteiger partial charge in [-0.2, -0.15) is 0 Å². The van der Waals surface area contributed by atoms with E-state index in [0.717, 1.165) is 28.9 Å². The lowest BCUT2D eigenvalue weighted by molar-refractivity contribution is 0.277. The number of rotatable bonds is 6. The molecule has 23 heavy (non-hydrogen) atoms. The molecule has 116 valence electrons. The van der Waals surface area contributed by atoms with Gasteiger partial charge in [-0.05, 0) is 28.3 Å². The molecule has 3 aromatic rings. The molecule has 2 heteroatoms. The van der Waals surface area contributed by atoms with Crippen molar-refractivity contribution in [3.63, 3.8) is 0 Å². The number of aliphatic hydroxyl groups is 1. The highest BCUT2D eigenvalue weighted by Crippen LogP contribution is 2.24. The molecule has 0 aliphatic carbocycles. The van der Waals surface area contributed by atoms with Crippen molar-refractivity contribution < 1.29 is 9.84 Å². The van der Waals surface area contributed by atoms with Crippen LogP contribution < -0.4 is 4.74 Å². The van der Waals surface area contributed by atoms with Crippen molar-refractivity contribution in [2.75, 3.05) is 0 Å². The van der Waals surface area contributed by atoms with Gasteiger partial charge in [0.25, 0.3) is 0 Å². The summed E-state index contributed by atoms with van der Waals surface area (Å²) in [5, 5.41) is 9.37. The largest absolute Gasteiger partial charge is 0.489 e. The second kappa shape index (κ2) is 7.61. The van der Waals surface area contributed by atoms with Gasteiger partial charge in [0.15, 0.2) is 0 Å². The van der Waals surface area contributed by atoms with Crippen molar-refractivity contribution in [3.05, 3.63) is 101 Å². The zero-order valence-corrected chi connectivity index (χ0v) is 13.0. The third kappa shape index (κ3) is 4.21. The normalized spacial score (nSPS) is 10.5. The quantitative estimate of drug-likeness (QED) is 0.733. The van der Waals surface area contributed by atoms with E-state index in [1.54, 1.807) is 0 Å². The Balaban J connectivity index is 1.81. The van der Waals surface area contributed by atoms with E-state index in [1.165, 1.54) is 5.56 Å². The number of hydrogen-bond acceptors (Lipinski definition) is 2. The van der Waals surface area contributed by atoms with E-state index in [4.69, 9.17) is 4.74 Å². The predicted octanol–water partition coefficient (Wildman–Crippen LogP) is 4.35. The minimum atomic E-state index is 0.0211. The van der Waals surface area contributed by atoms with Crippen molar-refractivity contribution in [2.24, 2.45) is 0 Å². The smallest absolute Gasteiger partial charge is 0.123 e. The highest BCUT2D eigenvalue weighted by molar-refractivity contribution is 5.40. The van der Waals surface area contributed by atoms with Crippen LogP contribution in [0.25, 0.3) is 0 Å². The predicted molar refractivity (Wildman–Crippen MR) is 92.4 cm³/mol. The molecule has 0 unspecified atom stereocenters. The van der Waals surface area contributed by atoms with Gasteiger partial charge in [-0.3, -0.25) is 0 Å². The molecular weight excluding hydrogens is 284 g/mol. The lowest BCUT2D eigenvalue weighted by Gasteiger charge is -2.13. The van der Waals surface area contributed by atoms with Crippen molar-refractivity contribution in [1.29, 1.82) is 0 Å². The Morgan fingerprint density at radius 1 is 0.696 bits per heavy atom. The van der Waals surface area contributed by atoms with E-state index in [9.17, 15) is 5.11 Å². The van der Waals surface area contributed by atoms with E-state index in [-0.39, 0.29) is 6.61 Å². The maximum absolute atomic E-state index is 9.37. The van der Waals surface area contributed by atoms with Crippen molar-refractivity contribution in [2.45, 2.75) is 19.6 Å². The number of aliphatic hydroxyl groups excluding tert-OH is 1. The summed E-state index contributed by atoms with van der Waals surface area (Å²) in [6.45, 7) is 0.546. The summed E-state index contributed by atoms with van der Waals surface area (Å²) in [5.74, 6) is 0.837. The lowest BCUT2D eigenvalue weighted by atomic mass is 10.0. The highest BCUT2D eigenvalue weighted by atomic mass is 16.5. The first-order chi connectivity index (χ1) is 11.3. The molecule has 0 aliphatic rings. The van der Waals surface area contributed by atoms with Gasteiger partial charge in [-0.25, -0.2) is 0 Å². The highest BCUT2D eigenvalue weighted by Gasteiger charge is 2.07. The molecule has 0 spiro atoms. The van der Waals surface area contributed by atoms with Gasteiger partial charge < -0.3 is 9.84 Å². The second-order valence-electron chi connectivity index (χ2n) is 5.54. The minimum Gasteiger partial charge on any atom is -0.489 e. The summed E-state index contributed by atoms with van der Waals surface area (Å²) in [6.07, 6.45) is 0.816. The van der Waals surface area contributed by atoms with Gasteiger partial charge >= 0.3 is 0 Å². The molecule has 2 nitrogen and oxygen atoms in total. The molecule has 0 fully saturated rings. The van der Waals surface area contributed by atoms with Gasteiger partial charge in [-0.1, -0.05) is 72.8 Å². The summed E-state index contributed by atoms with van der Waals surface area (Å²) in [6, 6.07) is 26.4. The van der Waals surface area contributed by atoms with Crippen LogP contribution >= 0.6 is 0 Å². The Morgan fingerprint density at radius 2 is 1.35 bits per heavy atom. The van der Waals surface area contributed by atoms with E-state index >= 15 is 0 Å². The summed E-state index contributed by atoms with van der Waals surface area (Å²) in [7, 11) is 0. The molecule has 0 bridgehead atoms. The molecule has 3 rings (SSSR count). The molecule has 0 saturated carbocycles. The van der Waals surface area contributed by atoms with Crippen molar-refractivity contribution in [3.8, 4) is 5.75 Å². The molecule has 0 aliphatic heterocycles. The first kappa shape index (κ1) is 15.3. The van der Waals surface area contributed by atoms with Gasteiger partial charge in [0.05, 0.1) is 6.61 Å². The van der Waals surface area contributed by atoms with E-state index in [0.29, 0.717) is 6.61 Å². The monoisotopic (exact) mass is 304 g/mol. The van der Waals surface area contributed by atoms with Gasteiger partial charge in [0.1, 0.15) is 12.4 Å². The van der Waals surface area contributed by atoms with Crippen LogP contribution in [-0.4, -0.2) is 5.11 Å². The van der Waals surface area contributed by atoms with Crippen LogP contribution in [0.5, 0.6) is 5.75 Å². The lowest BCUT2D eigenvalue weighted by Crippen LogP contribution is -2.00. The van der Waals surface area contributed by atoms with Gasteiger partial charge in [-0.15, -0.1) is 0 Å². The van der Waals surface area contributed by atoms with Crippen LogP contribution in [0.1, 0.15) is 22.3 Å². The fraction of sp³-hybridized carbons (Fsp3) is 0.143. The molecule has 0 amide bonds. The van der Waals surface area contributed by atoms with E-state index < -0.39 is 0 Å². The Kier molecular flexibility index (Phi) is 5.07. The maximum atomic E-state index is 9.37. The fourth-order valence-corrected chi connectivity index (χ4v) is 2.53. The van der Waals surface area contributed by atoms with Crippen LogP contribution in [0.15, 0.2) is 78.9 Å². The van der Waals surface area contributed by atoms with E-state index in [1.807, 2.05) is 66.7 Å². The van der Waals surface area contributed by atoms with E-state index in [2.05, 4.69) is 12.1 Å². The first-order valence-corrected chi connectivity index (χ1v) is 7.78. The Bertz CT molecular complexity index is 736. The van der Waals surface area contributed by atoms with Crippen LogP contribution in [0.4, 0.5) is 0 Å². The zero-order valence-electron chi connectivity index (χ0n) is 13.0. The average molecular weight is 304 g/mol. The average Bonchev–Trinajstić information content (AvgIpc) is 2.62. The Labute approximate surface area is 137 Å². The van der Waals surface area contributed by atoms with Crippen LogP contribution in [0, 0.1) is 0 Å². The summed E-state index contributed by atoms with van der Waals surface area (Å²) < 4.78 is 6.03. The topological polar surface area (TPSA) is 29.5 Å². The first-order valence-electron chi connectivity index (χ1n) is 7.78. The second-order valence-corrected chi connectivity index (χ2v) is 5.54. The molecule has 0 heterocycles. The van der Waals surface area contributed by atoms with Crippen molar-refractivity contribution in [1.82, 2.24) is 0 Å². The SMILES string of the molecule is OCc1ccc(Cc2ccccc2)c(OCc2ccccc2)c1. The molecule has 1 N–H and O–H groups in total. The number of ether oxygens (including phenoxy) is 1. The Hall–Kier alpha value is -2.58. The summed E-state index contributed by atoms with van der Waals surface area (Å²) in [5.41, 5.74) is 4.37. The fourth-order valence-electron chi connectivity index (χ4n) is 2.53.